The zero-order chi connectivity index (χ0) is 24.6. The van der Waals surface area contributed by atoms with Crippen molar-refractivity contribution in [3.8, 4) is 0 Å². The molecule has 0 aliphatic carbocycles. The third-order valence-electron chi connectivity index (χ3n) is 6.49. The van der Waals surface area contributed by atoms with Gasteiger partial charge in [-0.1, -0.05) is 62.6 Å². The van der Waals surface area contributed by atoms with Crippen molar-refractivity contribution in [3.63, 3.8) is 0 Å². The van der Waals surface area contributed by atoms with Crippen LogP contribution in [0.4, 0.5) is 0 Å². The molecule has 1 fully saturated rings. The van der Waals surface area contributed by atoms with Gasteiger partial charge in [-0.05, 0) is 55.8 Å². The Labute approximate surface area is 209 Å². The van der Waals surface area contributed by atoms with Gasteiger partial charge in [-0.2, -0.15) is 4.31 Å². The zero-order valence-electron chi connectivity index (χ0n) is 20.2. The number of likely N-dealkylation sites (N-methyl/N-ethyl adjacent to an activating group) is 1. The first-order valence-corrected chi connectivity index (χ1v) is 14.0. The summed E-state index contributed by atoms with van der Waals surface area (Å²) in [6, 6.07) is 14.4. The summed E-state index contributed by atoms with van der Waals surface area (Å²) in [6.07, 6.45) is 3.87. The monoisotopic (exact) mass is 505 g/mol. The molecular formula is C26H36ClN3O3S. The zero-order valence-corrected chi connectivity index (χ0v) is 21.7. The van der Waals surface area contributed by atoms with Gasteiger partial charge in [0.05, 0.1) is 11.4 Å². The van der Waals surface area contributed by atoms with Crippen LogP contribution in [0.25, 0.3) is 0 Å². The Morgan fingerprint density at radius 2 is 1.68 bits per heavy atom. The lowest BCUT2D eigenvalue weighted by Crippen LogP contribution is -2.37. The highest BCUT2D eigenvalue weighted by atomic mass is 35.5. The van der Waals surface area contributed by atoms with Crippen molar-refractivity contribution in [1.29, 1.82) is 0 Å². The van der Waals surface area contributed by atoms with E-state index in [2.05, 4.69) is 24.1 Å². The molecule has 0 radical (unpaired) electrons. The third-order valence-corrected chi connectivity index (χ3v) is 8.64. The molecule has 1 aliphatic heterocycles. The fraction of sp³-hybridized carbons (Fsp3) is 0.500. The van der Waals surface area contributed by atoms with Crippen molar-refractivity contribution in [2.75, 3.05) is 39.3 Å². The van der Waals surface area contributed by atoms with E-state index in [9.17, 15) is 13.2 Å². The Kier molecular flexibility index (Phi) is 10.1. The molecule has 8 heteroatoms. The van der Waals surface area contributed by atoms with Crippen LogP contribution in [-0.4, -0.2) is 62.7 Å². The molecule has 3 rings (SSSR count). The lowest BCUT2D eigenvalue weighted by atomic mass is 10.0. The first-order chi connectivity index (χ1) is 16.4. The largest absolute Gasteiger partial charge is 0.308 e. The molecule has 1 saturated heterocycles. The van der Waals surface area contributed by atoms with Gasteiger partial charge in [-0.15, -0.1) is 0 Å². The molecular weight excluding hydrogens is 470 g/mol. The van der Waals surface area contributed by atoms with E-state index in [1.807, 2.05) is 24.3 Å². The highest BCUT2D eigenvalue weighted by molar-refractivity contribution is 7.89. The van der Waals surface area contributed by atoms with Gasteiger partial charge in [0.2, 0.25) is 10.0 Å². The molecule has 1 unspecified atom stereocenters. The van der Waals surface area contributed by atoms with Crippen LogP contribution in [-0.2, 0) is 10.0 Å². The third kappa shape index (κ3) is 6.89. The number of sulfonamides is 1. The fourth-order valence-corrected chi connectivity index (χ4v) is 6.18. The minimum absolute atomic E-state index is 0.106. The maximum atomic E-state index is 13.1. The van der Waals surface area contributed by atoms with Gasteiger partial charge in [0.25, 0.3) is 0 Å². The lowest BCUT2D eigenvalue weighted by molar-refractivity contribution is 0.0986. The predicted octanol–water partition coefficient (Wildman–Crippen LogP) is 4.76. The van der Waals surface area contributed by atoms with Crippen LogP contribution < -0.4 is 5.32 Å². The van der Waals surface area contributed by atoms with E-state index in [0.29, 0.717) is 30.2 Å². The van der Waals surface area contributed by atoms with Gasteiger partial charge < -0.3 is 5.32 Å². The van der Waals surface area contributed by atoms with Crippen molar-refractivity contribution >= 4 is 27.4 Å². The number of nitrogens with zero attached hydrogens (tertiary/aromatic N) is 2. The van der Waals surface area contributed by atoms with E-state index in [0.717, 1.165) is 44.3 Å². The Balaban J connectivity index is 1.67. The number of halogens is 1. The van der Waals surface area contributed by atoms with Gasteiger partial charge >= 0.3 is 0 Å². The lowest BCUT2D eigenvalue weighted by Gasteiger charge is -2.30. The van der Waals surface area contributed by atoms with Gasteiger partial charge in [-0.3, -0.25) is 9.69 Å². The highest BCUT2D eigenvalue weighted by Gasteiger charge is 2.26. The quantitative estimate of drug-likeness (QED) is 0.446. The van der Waals surface area contributed by atoms with E-state index in [1.54, 1.807) is 22.5 Å². The van der Waals surface area contributed by atoms with Crippen molar-refractivity contribution in [2.45, 2.75) is 50.5 Å². The molecule has 1 atom stereocenters. The van der Waals surface area contributed by atoms with Gasteiger partial charge in [0.1, 0.15) is 0 Å². The molecule has 0 spiro atoms. The topological polar surface area (TPSA) is 69.7 Å². The first kappa shape index (κ1) is 26.8. The summed E-state index contributed by atoms with van der Waals surface area (Å²) in [5.41, 5.74) is 1.55. The van der Waals surface area contributed by atoms with Crippen molar-refractivity contribution in [3.05, 3.63) is 64.7 Å². The fourth-order valence-electron chi connectivity index (χ4n) is 4.49. The van der Waals surface area contributed by atoms with Crippen molar-refractivity contribution < 1.29 is 13.2 Å². The summed E-state index contributed by atoms with van der Waals surface area (Å²) < 4.78 is 27.8. The van der Waals surface area contributed by atoms with E-state index in [-0.39, 0.29) is 23.3 Å². The number of carbonyl (C=O) groups excluding carboxylic acids is 1. The first-order valence-electron chi connectivity index (χ1n) is 12.2. The molecule has 0 amide bonds. The summed E-state index contributed by atoms with van der Waals surface area (Å²) in [5.74, 6) is -0.123. The molecule has 0 saturated carbocycles. The summed E-state index contributed by atoms with van der Waals surface area (Å²) in [5, 5.41) is 3.99. The minimum Gasteiger partial charge on any atom is -0.308 e. The van der Waals surface area contributed by atoms with Crippen molar-refractivity contribution in [2.24, 2.45) is 0 Å². The number of hydrogen-bond donors (Lipinski definition) is 1. The molecule has 2 aromatic rings. The van der Waals surface area contributed by atoms with Crippen LogP contribution >= 0.6 is 11.6 Å². The molecule has 2 aromatic carbocycles. The van der Waals surface area contributed by atoms with Crippen molar-refractivity contribution in [1.82, 2.24) is 14.5 Å². The highest BCUT2D eigenvalue weighted by Crippen LogP contribution is 2.23. The number of carbonyl (C=O) groups is 1. The average Bonchev–Trinajstić information content (AvgIpc) is 3.15. The molecule has 1 aliphatic rings. The second-order valence-electron chi connectivity index (χ2n) is 8.69. The second kappa shape index (κ2) is 12.8. The number of hydrogen-bond acceptors (Lipinski definition) is 5. The number of rotatable bonds is 11. The Bertz CT molecular complexity index is 1030. The summed E-state index contributed by atoms with van der Waals surface area (Å²) in [6.45, 7) is 7.83. The maximum Gasteiger partial charge on any atom is 0.243 e. The molecule has 6 nitrogen and oxygen atoms in total. The molecule has 0 bridgehead atoms. The van der Waals surface area contributed by atoms with Crippen LogP contribution in [0.3, 0.4) is 0 Å². The summed E-state index contributed by atoms with van der Waals surface area (Å²) >= 11 is 6.06. The van der Waals surface area contributed by atoms with Gasteiger partial charge in [0, 0.05) is 36.3 Å². The Morgan fingerprint density at radius 1 is 1.03 bits per heavy atom. The molecule has 186 valence electrons. The molecule has 0 aromatic heterocycles. The molecule has 1 heterocycles. The van der Waals surface area contributed by atoms with Crippen LogP contribution in [0.5, 0.6) is 0 Å². The standard InChI is InChI=1S/C26H36ClN3O3S/c1-3-29(4-2)25(21-12-14-23(27)15-13-21)19-28-20-26(31)22-10-9-11-24(18-22)34(32,33)30-16-7-5-6-8-17-30/h9-15,18,25,28H,3-8,16-17,19-20H2,1-2H3. The number of Topliss-reactive ketones (excluding diaryl/α,β-unsaturated/α-hetero) is 1. The summed E-state index contributed by atoms with van der Waals surface area (Å²) in [7, 11) is -3.59. The summed E-state index contributed by atoms with van der Waals surface area (Å²) in [4.78, 5) is 15.4. The number of nitrogens with one attached hydrogen (secondary N) is 1. The maximum absolute atomic E-state index is 13.1. The predicted molar refractivity (Wildman–Crippen MR) is 138 cm³/mol. The van der Waals surface area contributed by atoms with Gasteiger partial charge in [0.15, 0.2) is 5.78 Å². The number of ketones is 1. The van der Waals surface area contributed by atoms with Crippen LogP contribution in [0.2, 0.25) is 5.02 Å². The van der Waals surface area contributed by atoms with E-state index >= 15 is 0 Å². The Hall–Kier alpha value is -1.77. The van der Waals surface area contributed by atoms with Crippen LogP contribution in [0, 0.1) is 0 Å². The van der Waals surface area contributed by atoms with Crippen LogP contribution in [0.15, 0.2) is 53.4 Å². The number of benzene rings is 2. The molecule has 34 heavy (non-hydrogen) atoms. The van der Waals surface area contributed by atoms with E-state index in [1.165, 1.54) is 6.07 Å². The Morgan fingerprint density at radius 3 is 2.29 bits per heavy atom. The van der Waals surface area contributed by atoms with Gasteiger partial charge in [-0.25, -0.2) is 8.42 Å². The average molecular weight is 506 g/mol. The van der Waals surface area contributed by atoms with Crippen LogP contribution in [0.1, 0.15) is 61.5 Å². The van der Waals surface area contributed by atoms with E-state index < -0.39 is 10.0 Å². The SMILES string of the molecule is CCN(CC)C(CNCC(=O)c1cccc(S(=O)(=O)N2CCCCCC2)c1)c1ccc(Cl)cc1. The molecule has 1 N–H and O–H groups in total. The second-order valence-corrected chi connectivity index (χ2v) is 11.1. The smallest absolute Gasteiger partial charge is 0.243 e. The normalized spacial score (nSPS) is 16.4. The minimum atomic E-state index is -3.59. The van der Waals surface area contributed by atoms with E-state index in [4.69, 9.17) is 11.6 Å².